The Morgan fingerprint density at radius 1 is 1.47 bits per heavy atom. The van der Waals surface area contributed by atoms with Crippen LogP contribution in [0, 0.1) is 5.92 Å². The minimum absolute atomic E-state index is 0.186. The van der Waals surface area contributed by atoms with Crippen LogP contribution in [-0.2, 0) is 4.74 Å². The van der Waals surface area contributed by atoms with Crippen molar-refractivity contribution in [2.24, 2.45) is 5.92 Å². The van der Waals surface area contributed by atoms with Gasteiger partial charge in [0.2, 0.25) is 0 Å². The number of rotatable bonds is 3. The molecule has 1 fully saturated rings. The maximum absolute atomic E-state index is 12.0. The van der Waals surface area contributed by atoms with Gasteiger partial charge >= 0.3 is 6.09 Å². The largest absolute Gasteiger partial charge is 0.444 e. The van der Waals surface area contributed by atoms with E-state index in [4.69, 9.17) is 9.84 Å². The second-order valence-electron chi connectivity index (χ2n) is 5.87. The Balaban J connectivity index is 2.59. The van der Waals surface area contributed by atoms with Crippen molar-refractivity contribution in [2.45, 2.75) is 58.6 Å². The molecule has 0 bridgehead atoms. The van der Waals surface area contributed by atoms with Crippen molar-refractivity contribution in [3.63, 3.8) is 0 Å². The summed E-state index contributed by atoms with van der Waals surface area (Å²) < 4.78 is 5.40. The summed E-state index contributed by atoms with van der Waals surface area (Å²) in [6.07, 6.45) is 2.41. The molecule has 0 unspecified atom stereocenters. The number of amides is 1. The first-order valence-electron chi connectivity index (χ1n) is 6.45. The summed E-state index contributed by atoms with van der Waals surface area (Å²) in [5, 5.41) is 8.89. The summed E-state index contributed by atoms with van der Waals surface area (Å²) in [6, 6.07) is 0.219. The van der Waals surface area contributed by atoms with Crippen molar-refractivity contribution in [1.29, 1.82) is 0 Å². The molecule has 1 aliphatic heterocycles. The van der Waals surface area contributed by atoms with E-state index in [1.165, 1.54) is 0 Å². The van der Waals surface area contributed by atoms with Crippen LogP contribution in [0.2, 0.25) is 0 Å². The van der Waals surface area contributed by atoms with Gasteiger partial charge in [-0.1, -0.05) is 6.92 Å². The number of nitrogens with zero attached hydrogens (tertiary/aromatic N) is 1. The highest BCUT2D eigenvalue weighted by Crippen LogP contribution is 2.28. The van der Waals surface area contributed by atoms with Gasteiger partial charge in [0.1, 0.15) is 5.60 Å². The lowest BCUT2D eigenvalue weighted by Crippen LogP contribution is -2.41. The van der Waals surface area contributed by atoms with E-state index in [0.29, 0.717) is 5.92 Å². The van der Waals surface area contributed by atoms with Crippen molar-refractivity contribution in [2.75, 3.05) is 13.2 Å². The Morgan fingerprint density at radius 2 is 2.12 bits per heavy atom. The smallest absolute Gasteiger partial charge is 0.410 e. The van der Waals surface area contributed by atoms with Gasteiger partial charge in [-0.25, -0.2) is 4.79 Å². The molecule has 0 radical (unpaired) electrons. The predicted octanol–water partition coefficient (Wildman–Crippen LogP) is 2.40. The van der Waals surface area contributed by atoms with Gasteiger partial charge in [0.05, 0.1) is 0 Å². The molecule has 0 saturated carbocycles. The van der Waals surface area contributed by atoms with Crippen molar-refractivity contribution in [3.05, 3.63) is 0 Å². The average Bonchev–Trinajstić information content (AvgIpc) is 2.54. The summed E-state index contributed by atoms with van der Waals surface area (Å²) in [6.45, 7) is 8.76. The molecular formula is C13H25NO3. The first kappa shape index (κ1) is 14.3. The third-order valence-corrected chi connectivity index (χ3v) is 3.17. The number of likely N-dealkylation sites (tertiary alicyclic amines) is 1. The van der Waals surface area contributed by atoms with Crippen LogP contribution in [0.3, 0.4) is 0 Å². The highest BCUT2D eigenvalue weighted by Gasteiger charge is 2.36. The lowest BCUT2D eigenvalue weighted by Gasteiger charge is -2.29. The number of carbonyl (C=O) groups is 1. The molecule has 100 valence electrons. The Bertz CT molecular complexity index is 260. The van der Waals surface area contributed by atoms with Crippen LogP contribution < -0.4 is 0 Å². The van der Waals surface area contributed by atoms with Crippen molar-refractivity contribution < 1.29 is 14.6 Å². The molecule has 17 heavy (non-hydrogen) atoms. The second kappa shape index (κ2) is 5.71. The molecule has 4 heteroatoms. The van der Waals surface area contributed by atoms with E-state index in [2.05, 4.69) is 6.92 Å². The van der Waals surface area contributed by atoms with Crippen LogP contribution in [0.15, 0.2) is 0 Å². The molecule has 1 rings (SSSR count). The lowest BCUT2D eigenvalue weighted by molar-refractivity contribution is 0.0198. The SMILES string of the molecule is C[C@H]1CCN(C(=O)OC(C)(C)C)[C@H]1CCCO. The lowest BCUT2D eigenvalue weighted by atomic mass is 9.99. The number of ether oxygens (including phenoxy) is 1. The Morgan fingerprint density at radius 3 is 2.65 bits per heavy atom. The third-order valence-electron chi connectivity index (χ3n) is 3.17. The maximum Gasteiger partial charge on any atom is 0.410 e. The average molecular weight is 243 g/mol. The van der Waals surface area contributed by atoms with Crippen molar-refractivity contribution >= 4 is 6.09 Å². The summed E-state index contributed by atoms with van der Waals surface area (Å²) in [7, 11) is 0. The van der Waals surface area contributed by atoms with Crippen LogP contribution in [0.1, 0.15) is 47.0 Å². The third kappa shape index (κ3) is 4.19. The topological polar surface area (TPSA) is 49.8 Å². The molecule has 0 spiro atoms. The first-order chi connectivity index (χ1) is 7.85. The fourth-order valence-electron chi connectivity index (χ4n) is 2.30. The summed E-state index contributed by atoms with van der Waals surface area (Å²) in [5.74, 6) is 0.495. The Labute approximate surface area is 104 Å². The molecule has 2 atom stereocenters. The van der Waals surface area contributed by atoms with E-state index >= 15 is 0 Å². The zero-order valence-corrected chi connectivity index (χ0v) is 11.4. The Hall–Kier alpha value is -0.770. The number of hydrogen-bond donors (Lipinski definition) is 1. The summed E-state index contributed by atoms with van der Waals surface area (Å²) in [5.41, 5.74) is -0.440. The van der Waals surface area contributed by atoms with Gasteiger partial charge in [-0.3, -0.25) is 0 Å². The van der Waals surface area contributed by atoms with E-state index in [-0.39, 0.29) is 18.7 Å². The Kier molecular flexibility index (Phi) is 4.80. The van der Waals surface area contributed by atoms with Crippen LogP contribution in [-0.4, -0.2) is 40.9 Å². The van der Waals surface area contributed by atoms with Crippen LogP contribution in [0.4, 0.5) is 4.79 Å². The molecule has 1 amide bonds. The van der Waals surface area contributed by atoms with Crippen molar-refractivity contribution in [3.8, 4) is 0 Å². The van der Waals surface area contributed by atoms with Gasteiger partial charge < -0.3 is 14.7 Å². The molecule has 0 aromatic heterocycles. The zero-order valence-electron chi connectivity index (χ0n) is 11.4. The van der Waals surface area contributed by atoms with Gasteiger partial charge in [-0.2, -0.15) is 0 Å². The molecule has 1 aliphatic rings. The van der Waals surface area contributed by atoms with E-state index < -0.39 is 5.60 Å². The number of aliphatic hydroxyl groups excluding tert-OH is 1. The molecule has 0 aliphatic carbocycles. The van der Waals surface area contributed by atoms with Gasteiger partial charge in [-0.15, -0.1) is 0 Å². The molecule has 1 heterocycles. The van der Waals surface area contributed by atoms with Crippen molar-refractivity contribution in [1.82, 2.24) is 4.90 Å². The number of aliphatic hydroxyl groups is 1. The second-order valence-corrected chi connectivity index (χ2v) is 5.87. The van der Waals surface area contributed by atoms with E-state index in [1.807, 2.05) is 25.7 Å². The van der Waals surface area contributed by atoms with Gasteiger partial charge in [0.25, 0.3) is 0 Å². The first-order valence-corrected chi connectivity index (χ1v) is 6.45. The molecule has 1 N–H and O–H groups in total. The van der Waals surface area contributed by atoms with Crippen LogP contribution in [0.5, 0.6) is 0 Å². The summed E-state index contributed by atoms with van der Waals surface area (Å²) in [4.78, 5) is 13.8. The fourth-order valence-corrected chi connectivity index (χ4v) is 2.30. The van der Waals surface area contributed by atoms with Gasteiger partial charge in [0.15, 0.2) is 0 Å². The van der Waals surface area contributed by atoms with Crippen LogP contribution >= 0.6 is 0 Å². The predicted molar refractivity (Wildman–Crippen MR) is 66.8 cm³/mol. The minimum atomic E-state index is -0.440. The molecular weight excluding hydrogens is 218 g/mol. The van der Waals surface area contributed by atoms with E-state index in [0.717, 1.165) is 25.8 Å². The normalized spacial score (nSPS) is 25.1. The maximum atomic E-state index is 12.0. The molecule has 4 nitrogen and oxygen atoms in total. The highest BCUT2D eigenvalue weighted by atomic mass is 16.6. The van der Waals surface area contributed by atoms with Crippen LogP contribution in [0.25, 0.3) is 0 Å². The quantitative estimate of drug-likeness (QED) is 0.828. The van der Waals surface area contributed by atoms with E-state index in [1.54, 1.807) is 0 Å². The fraction of sp³-hybridized carbons (Fsp3) is 0.923. The molecule has 0 aromatic rings. The molecule has 1 saturated heterocycles. The highest BCUT2D eigenvalue weighted by molar-refractivity contribution is 5.69. The number of carbonyl (C=O) groups excluding carboxylic acids is 1. The van der Waals surface area contributed by atoms with Gasteiger partial charge in [-0.05, 0) is 46.0 Å². The summed E-state index contributed by atoms with van der Waals surface area (Å²) >= 11 is 0. The van der Waals surface area contributed by atoms with E-state index in [9.17, 15) is 4.79 Å². The number of hydrogen-bond acceptors (Lipinski definition) is 3. The van der Waals surface area contributed by atoms with Gasteiger partial charge in [0, 0.05) is 19.2 Å². The molecule has 0 aromatic carbocycles. The monoisotopic (exact) mass is 243 g/mol. The zero-order chi connectivity index (χ0) is 13.1. The minimum Gasteiger partial charge on any atom is -0.444 e. The standard InChI is InChI=1S/C13H25NO3/c1-10-7-8-14(11(10)6-5-9-15)12(16)17-13(2,3)4/h10-11,15H,5-9H2,1-4H3/t10-,11-/m0/s1.